The van der Waals surface area contributed by atoms with Crippen LogP contribution in [0.25, 0.3) is 0 Å². The van der Waals surface area contributed by atoms with Crippen LogP contribution in [0, 0.1) is 0 Å². The number of hydrogen-bond acceptors (Lipinski definition) is 4. The van der Waals surface area contributed by atoms with Gasteiger partial charge in [-0.1, -0.05) is 26.7 Å². The zero-order valence-corrected chi connectivity index (χ0v) is 13.6. The number of unbranched alkanes of at least 4 members (excludes halogenated alkanes) is 1. The molecule has 5 nitrogen and oxygen atoms in total. The molecule has 0 bridgehead atoms. The molecule has 0 rings (SSSR count). The second kappa shape index (κ2) is 19.4. The van der Waals surface area contributed by atoms with Gasteiger partial charge in [-0.05, 0) is 20.8 Å². The van der Waals surface area contributed by atoms with E-state index < -0.39 is 5.91 Å². The molecule has 0 fully saturated rings. The molecule has 0 saturated carbocycles. The maximum absolute atomic E-state index is 10.1. The number of carbonyl (C=O) groups excluding carboxylic acids is 2. The summed E-state index contributed by atoms with van der Waals surface area (Å²) in [7, 11) is 3.05. The van der Waals surface area contributed by atoms with Crippen LogP contribution in [0.15, 0.2) is 0 Å². The van der Waals surface area contributed by atoms with Crippen LogP contribution in [0.3, 0.4) is 0 Å². The fourth-order valence-electron chi connectivity index (χ4n) is 0.623. The van der Waals surface area contributed by atoms with Gasteiger partial charge in [0.1, 0.15) is 0 Å². The van der Waals surface area contributed by atoms with Gasteiger partial charge >= 0.3 is 0 Å². The average Bonchev–Trinajstić information content (AvgIpc) is 2.39. The van der Waals surface area contributed by atoms with Crippen molar-refractivity contribution < 1.29 is 19.1 Å². The SMILES string of the molecule is CCCC.CCOC(C)OCC.CN(C)C(=O)C=O. The second-order valence-corrected chi connectivity index (χ2v) is 3.83. The molecule has 0 unspecified atom stereocenters. The third-order valence-corrected chi connectivity index (χ3v) is 1.84. The van der Waals surface area contributed by atoms with Crippen molar-refractivity contribution in [2.75, 3.05) is 27.3 Å². The molecule has 0 N–H and O–H groups in total. The van der Waals surface area contributed by atoms with Crippen LogP contribution in [0.5, 0.6) is 0 Å². The van der Waals surface area contributed by atoms with Crippen LogP contribution in [-0.2, 0) is 19.1 Å². The van der Waals surface area contributed by atoms with E-state index in [0.29, 0.717) is 0 Å². The topological polar surface area (TPSA) is 55.8 Å². The molecule has 0 heterocycles. The quantitative estimate of drug-likeness (QED) is 0.425. The molecule has 0 aromatic heterocycles. The molecular weight excluding hydrogens is 246 g/mol. The van der Waals surface area contributed by atoms with Crippen molar-refractivity contribution in [1.82, 2.24) is 4.90 Å². The molecule has 0 atom stereocenters. The summed E-state index contributed by atoms with van der Waals surface area (Å²) in [6, 6.07) is 0. The first-order valence-electron chi connectivity index (χ1n) is 6.80. The van der Waals surface area contributed by atoms with Gasteiger partial charge in [-0.3, -0.25) is 9.59 Å². The van der Waals surface area contributed by atoms with Gasteiger partial charge in [0.2, 0.25) is 6.29 Å². The monoisotopic (exact) mass is 277 g/mol. The third kappa shape index (κ3) is 26.6. The molecule has 0 spiro atoms. The Bertz CT molecular complexity index is 188. The van der Waals surface area contributed by atoms with Crippen molar-refractivity contribution in [3.05, 3.63) is 0 Å². The van der Waals surface area contributed by atoms with E-state index in [-0.39, 0.29) is 12.6 Å². The predicted octanol–water partition coefficient (Wildman–Crippen LogP) is 2.49. The maximum Gasteiger partial charge on any atom is 0.286 e. The van der Waals surface area contributed by atoms with Crippen LogP contribution < -0.4 is 0 Å². The lowest BCUT2D eigenvalue weighted by atomic mass is 10.4. The van der Waals surface area contributed by atoms with Crippen molar-refractivity contribution >= 4 is 12.2 Å². The minimum atomic E-state index is -0.500. The van der Waals surface area contributed by atoms with E-state index in [1.54, 1.807) is 0 Å². The van der Waals surface area contributed by atoms with Gasteiger partial charge in [-0.25, -0.2) is 0 Å². The van der Waals surface area contributed by atoms with Gasteiger partial charge < -0.3 is 14.4 Å². The standard InChI is InChI=1S/C6H14O2.C4H7NO2.C4H10/c1-4-7-6(3)8-5-2;1-5(2)4(7)3-6;1-3-4-2/h6H,4-5H2,1-3H3;3H,1-2H3;3-4H2,1-2H3. The molecule has 1 amide bonds. The Morgan fingerprint density at radius 3 is 1.53 bits per heavy atom. The molecule has 0 aliphatic heterocycles. The van der Waals surface area contributed by atoms with E-state index in [1.807, 2.05) is 20.8 Å². The molecule has 0 radical (unpaired) electrons. The van der Waals surface area contributed by atoms with Crippen LogP contribution in [0.1, 0.15) is 47.5 Å². The van der Waals surface area contributed by atoms with E-state index >= 15 is 0 Å². The highest BCUT2D eigenvalue weighted by atomic mass is 16.7. The highest BCUT2D eigenvalue weighted by Gasteiger charge is 1.96. The molecular formula is C14H31NO4. The maximum atomic E-state index is 10.1. The number of amides is 1. The van der Waals surface area contributed by atoms with E-state index in [0.717, 1.165) is 13.2 Å². The molecule has 0 aromatic rings. The van der Waals surface area contributed by atoms with Gasteiger partial charge in [0, 0.05) is 27.3 Å². The van der Waals surface area contributed by atoms with Gasteiger partial charge in [0.05, 0.1) is 0 Å². The average molecular weight is 277 g/mol. The summed E-state index contributed by atoms with van der Waals surface area (Å²) >= 11 is 0. The number of rotatable bonds is 6. The molecule has 116 valence electrons. The minimum Gasteiger partial charge on any atom is -0.353 e. The lowest BCUT2D eigenvalue weighted by molar-refractivity contribution is -0.136. The van der Waals surface area contributed by atoms with E-state index in [9.17, 15) is 9.59 Å². The third-order valence-electron chi connectivity index (χ3n) is 1.84. The lowest BCUT2D eigenvalue weighted by Crippen LogP contribution is -2.22. The Morgan fingerprint density at radius 2 is 1.42 bits per heavy atom. The van der Waals surface area contributed by atoms with Crippen molar-refractivity contribution in [2.24, 2.45) is 0 Å². The molecule has 0 aliphatic rings. The Labute approximate surface area is 118 Å². The number of carbonyl (C=O) groups is 2. The Hall–Kier alpha value is -0.940. The first-order valence-corrected chi connectivity index (χ1v) is 6.80. The number of nitrogens with zero attached hydrogens (tertiary/aromatic N) is 1. The lowest BCUT2D eigenvalue weighted by Gasteiger charge is -2.09. The summed E-state index contributed by atoms with van der Waals surface area (Å²) in [5.74, 6) is -0.500. The van der Waals surface area contributed by atoms with E-state index in [2.05, 4.69) is 13.8 Å². The second-order valence-electron chi connectivity index (χ2n) is 3.83. The first kappa shape index (κ1) is 23.2. The zero-order valence-electron chi connectivity index (χ0n) is 13.6. The van der Waals surface area contributed by atoms with Gasteiger partial charge in [-0.2, -0.15) is 0 Å². The normalized spacial score (nSPS) is 8.84. The molecule has 0 aromatic carbocycles. The minimum absolute atomic E-state index is 0.0370. The van der Waals surface area contributed by atoms with Crippen LogP contribution in [-0.4, -0.2) is 50.7 Å². The number of ether oxygens (including phenoxy) is 2. The van der Waals surface area contributed by atoms with Gasteiger partial charge in [0.25, 0.3) is 5.91 Å². The number of likely N-dealkylation sites (N-methyl/N-ethyl adjacent to an activating group) is 1. The summed E-state index contributed by atoms with van der Waals surface area (Å²) in [4.78, 5) is 20.8. The van der Waals surface area contributed by atoms with Crippen LogP contribution in [0.4, 0.5) is 0 Å². The van der Waals surface area contributed by atoms with Crippen LogP contribution >= 0.6 is 0 Å². The van der Waals surface area contributed by atoms with Gasteiger partial charge in [0.15, 0.2) is 6.29 Å². The van der Waals surface area contributed by atoms with E-state index in [1.165, 1.54) is 31.8 Å². The summed E-state index contributed by atoms with van der Waals surface area (Å²) in [5, 5.41) is 0. The fourth-order valence-corrected chi connectivity index (χ4v) is 0.623. The summed E-state index contributed by atoms with van der Waals surface area (Å²) < 4.78 is 10.1. The smallest absolute Gasteiger partial charge is 0.286 e. The molecule has 0 aliphatic carbocycles. The fraction of sp³-hybridized carbons (Fsp3) is 0.857. The van der Waals surface area contributed by atoms with Crippen molar-refractivity contribution in [1.29, 1.82) is 0 Å². The first-order chi connectivity index (χ1) is 8.90. The predicted molar refractivity (Wildman–Crippen MR) is 78.1 cm³/mol. The highest BCUT2D eigenvalue weighted by Crippen LogP contribution is 1.90. The summed E-state index contributed by atoms with van der Waals surface area (Å²) in [6.07, 6.45) is 2.88. The number of aldehydes is 1. The summed E-state index contributed by atoms with van der Waals surface area (Å²) in [5.41, 5.74) is 0. The highest BCUT2D eigenvalue weighted by molar-refractivity contribution is 6.23. The van der Waals surface area contributed by atoms with Crippen molar-refractivity contribution in [3.63, 3.8) is 0 Å². The zero-order chi connectivity index (χ0) is 15.7. The Kier molecular flexibility index (Phi) is 23.7. The Balaban J connectivity index is -0.000000214. The molecule has 5 heteroatoms. The molecule has 0 saturated heterocycles. The molecule has 19 heavy (non-hydrogen) atoms. The van der Waals surface area contributed by atoms with E-state index in [4.69, 9.17) is 9.47 Å². The Morgan fingerprint density at radius 1 is 1.05 bits per heavy atom. The van der Waals surface area contributed by atoms with Crippen LogP contribution in [0.2, 0.25) is 0 Å². The van der Waals surface area contributed by atoms with Crippen molar-refractivity contribution in [3.8, 4) is 0 Å². The summed E-state index contributed by atoms with van der Waals surface area (Å²) in [6.45, 7) is 11.6. The largest absolute Gasteiger partial charge is 0.353 e. The van der Waals surface area contributed by atoms with Gasteiger partial charge in [-0.15, -0.1) is 0 Å². The van der Waals surface area contributed by atoms with Crippen molar-refractivity contribution in [2.45, 2.75) is 53.8 Å². The number of hydrogen-bond donors (Lipinski definition) is 0.